The molecule has 0 fully saturated rings. The molecule has 0 bridgehead atoms. The Hall–Kier alpha value is -1.97. The van der Waals surface area contributed by atoms with Crippen LogP contribution < -0.4 is 14.8 Å². The Morgan fingerprint density at radius 1 is 1.40 bits per heavy atom. The summed E-state index contributed by atoms with van der Waals surface area (Å²) in [6.45, 7) is 4.17. The van der Waals surface area contributed by atoms with Gasteiger partial charge in [-0.15, -0.1) is 0 Å². The average molecular weight is 275 g/mol. The molecule has 0 aromatic heterocycles. The lowest BCUT2D eigenvalue weighted by molar-refractivity contribution is -0.116. The van der Waals surface area contributed by atoms with Gasteiger partial charge in [0.2, 0.25) is 5.91 Å². The van der Waals surface area contributed by atoms with E-state index in [1.807, 2.05) is 12.1 Å². The monoisotopic (exact) mass is 275 g/mol. The van der Waals surface area contributed by atoms with Crippen LogP contribution in [-0.4, -0.2) is 20.1 Å². The van der Waals surface area contributed by atoms with Gasteiger partial charge in [0, 0.05) is 30.0 Å². The van der Waals surface area contributed by atoms with Crippen LogP contribution >= 0.6 is 0 Å². The average Bonchev–Trinajstić information content (AvgIpc) is 2.44. The number of nitrogens with one attached hydrogen (secondary N) is 1. The van der Waals surface area contributed by atoms with E-state index in [9.17, 15) is 4.79 Å². The predicted molar refractivity (Wildman–Crippen MR) is 79.6 cm³/mol. The minimum Gasteiger partial charge on any atom is -0.497 e. The molecule has 1 aliphatic rings. The van der Waals surface area contributed by atoms with E-state index in [2.05, 4.69) is 25.2 Å². The number of hydrogen-bond donors (Lipinski definition) is 1. The Labute approximate surface area is 119 Å². The van der Waals surface area contributed by atoms with Crippen LogP contribution in [0.4, 0.5) is 5.69 Å². The summed E-state index contributed by atoms with van der Waals surface area (Å²) in [5.74, 6) is 1.54. The number of anilines is 1. The number of allylic oxidation sites excluding steroid dienone is 2. The van der Waals surface area contributed by atoms with E-state index in [0.29, 0.717) is 12.2 Å². The fourth-order valence-corrected chi connectivity index (χ4v) is 2.69. The molecular weight excluding hydrogens is 254 g/mol. The molecule has 4 heteroatoms. The van der Waals surface area contributed by atoms with Crippen molar-refractivity contribution in [2.75, 3.05) is 19.5 Å². The van der Waals surface area contributed by atoms with Gasteiger partial charge >= 0.3 is 0 Å². The van der Waals surface area contributed by atoms with Gasteiger partial charge in [-0.2, -0.15) is 0 Å². The molecule has 1 atom stereocenters. The summed E-state index contributed by atoms with van der Waals surface area (Å²) in [6, 6.07) is 3.71. The molecule has 108 valence electrons. The molecule has 0 aliphatic carbocycles. The molecule has 1 heterocycles. The van der Waals surface area contributed by atoms with Crippen molar-refractivity contribution in [2.24, 2.45) is 0 Å². The summed E-state index contributed by atoms with van der Waals surface area (Å²) in [7, 11) is 3.24. The number of fused-ring (bicyclic) bond motifs is 1. The maximum absolute atomic E-state index is 11.9. The molecule has 0 spiro atoms. The first-order chi connectivity index (χ1) is 9.60. The van der Waals surface area contributed by atoms with Gasteiger partial charge in [-0.1, -0.05) is 18.6 Å². The van der Waals surface area contributed by atoms with Crippen molar-refractivity contribution in [1.29, 1.82) is 0 Å². The highest BCUT2D eigenvalue weighted by Gasteiger charge is 2.30. The first kappa shape index (κ1) is 14.4. The Balaban J connectivity index is 2.58. The fraction of sp³-hybridized carbons (Fsp3) is 0.438. The quantitative estimate of drug-likeness (QED) is 0.856. The van der Waals surface area contributed by atoms with Crippen LogP contribution in [0.2, 0.25) is 0 Å². The lowest BCUT2D eigenvalue weighted by Crippen LogP contribution is -2.24. The maximum Gasteiger partial charge on any atom is 0.225 e. The number of benzene rings is 1. The summed E-state index contributed by atoms with van der Waals surface area (Å²) in [5, 5.41) is 2.91. The molecule has 0 saturated heterocycles. The highest BCUT2D eigenvalue weighted by molar-refractivity contribution is 5.96. The zero-order valence-corrected chi connectivity index (χ0v) is 12.4. The number of ether oxygens (including phenoxy) is 2. The van der Waals surface area contributed by atoms with E-state index in [0.717, 1.165) is 23.4 Å². The van der Waals surface area contributed by atoms with Gasteiger partial charge in [0.15, 0.2) is 0 Å². The number of hydrogen-bond acceptors (Lipinski definition) is 3. The Kier molecular flexibility index (Phi) is 4.32. The third-order valence-electron chi connectivity index (χ3n) is 3.66. The minimum absolute atomic E-state index is 0.0293. The molecule has 2 rings (SSSR count). The second kappa shape index (κ2) is 5.99. The second-order valence-electron chi connectivity index (χ2n) is 4.95. The van der Waals surface area contributed by atoms with Gasteiger partial charge in [-0.3, -0.25) is 4.79 Å². The van der Waals surface area contributed by atoms with Crippen molar-refractivity contribution < 1.29 is 14.3 Å². The largest absolute Gasteiger partial charge is 0.497 e. The van der Waals surface area contributed by atoms with Crippen LogP contribution in [0.3, 0.4) is 0 Å². The molecule has 1 N–H and O–H groups in total. The zero-order chi connectivity index (χ0) is 14.7. The van der Waals surface area contributed by atoms with Gasteiger partial charge in [-0.05, 0) is 13.3 Å². The van der Waals surface area contributed by atoms with E-state index in [1.54, 1.807) is 14.2 Å². The second-order valence-corrected chi connectivity index (χ2v) is 4.95. The van der Waals surface area contributed by atoms with Crippen LogP contribution in [0.5, 0.6) is 11.5 Å². The number of carbonyl (C=O) groups excluding carboxylic acids is 1. The van der Waals surface area contributed by atoms with Crippen molar-refractivity contribution in [3.63, 3.8) is 0 Å². The smallest absolute Gasteiger partial charge is 0.225 e. The van der Waals surface area contributed by atoms with Gasteiger partial charge in [0.25, 0.3) is 0 Å². The molecule has 1 amide bonds. The van der Waals surface area contributed by atoms with Crippen LogP contribution in [0.1, 0.15) is 38.2 Å². The Bertz CT molecular complexity index is 549. The van der Waals surface area contributed by atoms with E-state index in [-0.39, 0.29) is 11.8 Å². The molecule has 0 saturated carbocycles. The van der Waals surface area contributed by atoms with Crippen LogP contribution in [0, 0.1) is 0 Å². The molecule has 1 aliphatic heterocycles. The van der Waals surface area contributed by atoms with Crippen molar-refractivity contribution >= 4 is 11.6 Å². The highest BCUT2D eigenvalue weighted by atomic mass is 16.5. The SMILES string of the molecule is CC/C=C(\C)[C@@H]1CC(=O)Nc2cc(OC)cc(OC)c21. The number of carbonyl (C=O) groups is 1. The van der Waals surface area contributed by atoms with Crippen LogP contribution in [0.25, 0.3) is 0 Å². The van der Waals surface area contributed by atoms with E-state index in [1.165, 1.54) is 5.57 Å². The summed E-state index contributed by atoms with van der Waals surface area (Å²) >= 11 is 0. The number of amides is 1. The summed E-state index contributed by atoms with van der Waals surface area (Å²) in [6.07, 6.45) is 3.58. The topological polar surface area (TPSA) is 47.6 Å². The first-order valence-electron chi connectivity index (χ1n) is 6.83. The Morgan fingerprint density at radius 2 is 2.15 bits per heavy atom. The maximum atomic E-state index is 11.9. The lowest BCUT2D eigenvalue weighted by Gasteiger charge is -2.28. The molecule has 1 aromatic rings. The van der Waals surface area contributed by atoms with E-state index >= 15 is 0 Å². The van der Waals surface area contributed by atoms with Crippen molar-refractivity contribution in [3.05, 3.63) is 29.3 Å². The lowest BCUT2D eigenvalue weighted by atomic mass is 9.84. The van der Waals surface area contributed by atoms with Crippen LogP contribution in [-0.2, 0) is 4.79 Å². The number of rotatable bonds is 4. The van der Waals surface area contributed by atoms with Crippen LogP contribution in [0.15, 0.2) is 23.8 Å². The molecule has 4 nitrogen and oxygen atoms in total. The van der Waals surface area contributed by atoms with Gasteiger partial charge in [-0.25, -0.2) is 0 Å². The highest BCUT2D eigenvalue weighted by Crippen LogP contribution is 2.44. The fourth-order valence-electron chi connectivity index (χ4n) is 2.69. The normalized spacial score (nSPS) is 18.3. The first-order valence-corrected chi connectivity index (χ1v) is 6.83. The molecule has 0 radical (unpaired) electrons. The summed E-state index contributed by atoms with van der Waals surface area (Å²) in [5.41, 5.74) is 3.02. The number of methoxy groups -OCH3 is 2. The van der Waals surface area contributed by atoms with Gasteiger partial charge in [0.05, 0.1) is 19.9 Å². The minimum atomic E-state index is 0.0293. The zero-order valence-electron chi connectivity index (χ0n) is 12.4. The van der Waals surface area contributed by atoms with Crippen molar-refractivity contribution in [2.45, 2.75) is 32.6 Å². The van der Waals surface area contributed by atoms with Gasteiger partial charge < -0.3 is 14.8 Å². The third kappa shape index (κ3) is 2.64. The van der Waals surface area contributed by atoms with Gasteiger partial charge in [0.1, 0.15) is 11.5 Å². The molecular formula is C16H21NO3. The molecule has 20 heavy (non-hydrogen) atoms. The van der Waals surface area contributed by atoms with Crippen molar-refractivity contribution in [3.8, 4) is 11.5 Å². The summed E-state index contributed by atoms with van der Waals surface area (Å²) < 4.78 is 10.7. The van der Waals surface area contributed by atoms with Crippen molar-refractivity contribution in [1.82, 2.24) is 0 Å². The predicted octanol–water partition coefficient (Wildman–Crippen LogP) is 3.49. The standard InChI is InChI=1S/C16H21NO3/c1-5-6-10(2)12-9-15(18)17-13-7-11(19-3)8-14(20-4)16(12)13/h6-8,12H,5,9H2,1-4H3,(H,17,18)/b10-6+/t12-/m0/s1. The van der Waals surface area contributed by atoms with E-state index in [4.69, 9.17) is 9.47 Å². The molecule has 0 unspecified atom stereocenters. The molecule has 1 aromatic carbocycles. The van der Waals surface area contributed by atoms with E-state index < -0.39 is 0 Å². The third-order valence-corrected chi connectivity index (χ3v) is 3.66. The summed E-state index contributed by atoms with van der Waals surface area (Å²) in [4.78, 5) is 11.9. The Morgan fingerprint density at radius 3 is 2.75 bits per heavy atom.